The lowest BCUT2D eigenvalue weighted by Gasteiger charge is -2.08. The Kier molecular flexibility index (Phi) is 4.25. The largest absolute Gasteiger partial charge is 0.478 e. The number of imide groups is 1. The van der Waals surface area contributed by atoms with Crippen molar-refractivity contribution in [2.24, 2.45) is 0 Å². The van der Waals surface area contributed by atoms with E-state index in [2.05, 4.69) is 10.3 Å². The Balaban J connectivity index is 2.08. The van der Waals surface area contributed by atoms with Crippen LogP contribution in [0.4, 0.5) is 10.5 Å². The second kappa shape index (κ2) is 6.29. The van der Waals surface area contributed by atoms with E-state index in [-0.39, 0.29) is 0 Å². The highest BCUT2D eigenvalue weighted by Crippen LogP contribution is 2.21. The first-order valence-electron chi connectivity index (χ1n) is 5.92. The van der Waals surface area contributed by atoms with Crippen LogP contribution in [0.1, 0.15) is 0 Å². The fourth-order valence-electron chi connectivity index (χ4n) is 1.68. The van der Waals surface area contributed by atoms with Gasteiger partial charge in [-0.25, -0.2) is 9.59 Å². The van der Waals surface area contributed by atoms with Gasteiger partial charge in [0.1, 0.15) is 0 Å². The van der Waals surface area contributed by atoms with Crippen molar-refractivity contribution < 1.29 is 19.5 Å². The molecule has 7 heteroatoms. The van der Waals surface area contributed by atoms with Crippen LogP contribution in [0, 0.1) is 0 Å². The molecule has 0 aliphatic rings. The molecule has 21 heavy (non-hydrogen) atoms. The number of carboxylic acids is 1. The zero-order valence-corrected chi connectivity index (χ0v) is 10.7. The molecule has 7 nitrogen and oxygen atoms in total. The molecule has 0 atom stereocenters. The highest BCUT2D eigenvalue weighted by Gasteiger charge is 2.08. The summed E-state index contributed by atoms with van der Waals surface area (Å²) in [6.07, 6.45) is 4.63. The number of hydrogen-bond acceptors (Lipinski definition) is 4. The Bertz CT molecular complexity index is 735. The van der Waals surface area contributed by atoms with E-state index in [1.54, 1.807) is 30.6 Å². The summed E-state index contributed by atoms with van der Waals surface area (Å²) in [5, 5.41) is 14.5. The smallest absolute Gasteiger partial charge is 0.328 e. The molecule has 0 bridgehead atoms. The second-order valence-electron chi connectivity index (χ2n) is 4.02. The fraction of sp³-hybridized carbons (Fsp3) is 0. The molecular weight excluding hydrogens is 274 g/mol. The van der Waals surface area contributed by atoms with Gasteiger partial charge in [-0.15, -0.1) is 0 Å². The van der Waals surface area contributed by atoms with Crippen LogP contribution in [0.5, 0.6) is 0 Å². The quantitative estimate of drug-likeness (QED) is 0.741. The summed E-state index contributed by atoms with van der Waals surface area (Å²) in [6, 6.07) is 6.32. The van der Waals surface area contributed by atoms with Crippen LogP contribution in [0.25, 0.3) is 10.8 Å². The number of nitrogens with one attached hydrogen (secondary N) is 2. The van der Waals surface area contributed by atoms with Gasteiger partial charge in [-0.1, -0.05) is 12.1 Å². The number of anilines is 1. The van der Waals surface area contributed by atoms with Gasteiger partial charge >= 0.3 is 12.0 Å². The second-order valence-corrected chi connectivity index (χ2v) is 4.02. The Morgan fingerprint density at radius 2 is 1.95 bits per heavy atom. The van der Waals surface area contributed by atoms with Gasteiger partial charge < -0.3 is 10.4 Å². The van der Waals surface area contributed by atoms with Gasteiger partial charge in [-0.05, 0) is 17.5 Å². The first kappa shape index (κ1) is 14.2. The van der Waals surface area contributed by atoms with Gasteiger partial charge in [0.05, 0.1) is 5.69 Å². The van der Waals surface area contributed by atoms with Crippen molar-refractivity contribution in [3.8, 4) is 0 Å². The molecule has 2 rings (SSSR count). The van der Waals surface area contributed by atoms with Gasteiger partial charge in [-0.3, -0.25) is 15.1 Å². The van der Waals surface area contributed by atoms with Crippen molar-refractivity contribution in [2.45, 2.75) is 0 Å². The van der Waals surface area contributed by atoms with Crippen molar-refractivity contribution >= 4 is 34.4 Å². The standard InChI is InChI=1S/C14H11N3O4/c18-12(4-5-13(19)20)17-14(21)16-11-3-1-2-9-6-7-15-8-10(9)11/h1-8H,(H,19,20)(H2,16,17,18,21)/b5-4+. The molecule has 1 heterocycles. The Labute approximate surface area is 119 Å². The third-order valence-corrected chi connectivity index (χ3v) is 2.55. The number of amides is 3. The zero-order valence-electron chi connectivity index (χ0n) is 10.7. The maximum Gasteiger partial charge on any atom is 0.328 e. The first-order chi connectivity index (χ1) is 10.1. The topological polar surface area (TPSA) is 108 Å². The number of carbonyl (C=O) groups is 3. The number of hydrogen-bond donors (Lipinski definition) is 3. The van der Waals surface area contributed by atoms with E-state index in [0.717, 1.165) is 16.8 Å². The summed E-state index contributed by atoms with van der Waals surface area (Å²) in [5.74, 6) is -2.10. The van der Waals surface area contributed by atoms with E-state index in [1.165, 1.54) is 0 Å². The number of rotatable bonds is 3. The number of carboxylic acid groups (broad SMARTS) is 1. The lowest BCUT2D eigenvalue weighted by molar-refractivity contribution is -0.131. The lowest BCUT2D eigenvalue weighted by atomic mass is 10.1. The van der Waals surface area contributed by atoms with Gasteiger partial charge in [0.25, 0.3) is 5.91 Å². The summed E-state index contributed by atoms with van der Waals surface area (Å²) in [4.78, 5) is 37.2. The summed E-state index contributed by atoms with van der Waals surface area (Å²) in [6.45, 7) is 0. The molecule has 1 aromatic carbocycles. The number of fused-ring (bicyclic) bond motifs is 1. The average molecular weight is 285 g/mol. The summed E-state index contributed by atoms with van der Waals surface area (Å²) in [5.41, 5.74) is 0.494. The van der Waals surface area contributed by atoms with E-state index in [9.17, 15) is 14.4 Å². The summed E-state index contributed by atoms with van der Waals surface area (Å²) < 4.78 is 0. The SMILES string of the molecule is O=C(O)/C=C/C(=O)NC(=O)Nc1cccc2ccncc12. The van der Waals surface area contributed by atoms with Crippen LogP contribution in [0.15, 0.2) is 48.8 Å². The van der Waals surface area contributed by atoms with Crippen LogP contribution >= 0.6 is 0 Å². The molecule has 0 aliphatic carbocycles. The number of pyridine rings is 1. The lowest BCUT2D eigenvalue weighted by Crippen LogP contribution is -2.33. The molecule has 0 spiro atoms. The Morgan fingerprint density at radius 3 is 2.71 bits per heavy atom. The molecule has 0 unspecified atom stereocenters. The van der Waals surface area contributed by atoms with Gasteiger partial charge in [-0.2, -0.15) is 0 Å². The molecule has 0 aliphatic heterocycles. The zero-order chi connectivity index (χ0) is 15.2. The molecule has 0 saturated heterocycles. The number of urea groups is 1. The highest BCUT2D eigenvalue weighted by atomic mass is 16.4. The van der Waals surface area contributed by atoms with Crippen molar-refractivity contribution in [1.29, 1.82) is 0 Å². The third-order valence-electron chi connectivity index (χ3n) is 2.55. The highest BCUT2D eigenvalue weighted by molar-refractivity contribution is 6.09. The maximum atomic E-state index is 11.7. The minimum atomic E-state index is -1.27. The molecule has 0 radical (unpaired) electrons. The van der Waals surface area contributed by atoms with Crippen LogP contribution in [-0.2, 0) is 9.59 Å². The predicted molar refractivity (Wildman–Crippen MR) is 75.7 cm³/mol. The number of nitrogens with zero attached hydrogens (tertiary/aromatic N) is 1. The molecule has 1 aromatic heterocycles. The predicted octanol–water partition coefficient (Wildman–Crippen LogP) is 1.52. The number of aromatic nitrogens is 1. The van der Waals surface area contributed by atoms with Gasteiger partial charge in [0.2, 0.25) is 0 Å². The minimum absolute atomic E-state index is 0.494. The van der Waals surface area contributed by atoms with Crippen molar-refractivity contribution in [2.75, 3.05) is 5.32 Å². The van der Waals surface area contributed by atoms with Crippen LogP contribution in [0.3, 0.4) is 0 Å². The van der Waals surface area contributed by atoms with E-state index in [4.69, 9.17) is 5.11 Å². The molecule has 2 aromatic rings. The normalized spacial score (nSPS) is 10.5. The third kappa shape index (κ3) is 3.87. The average Bonchev–Trinajstić information content (AvgIpc) is 2.45. The van der Waals surface area contributed by atoms with Gasteiger partial charge in [0.15, 0.2) is 0 Å². The minimum Gasteiger partial charge on any atom is -0.478 e. The molecule has 106 valence electrons. The molecule has 3 N–H and O–H groups in total. The van der Waals surface area contributed by atoms with E-state index < -0.39 is 17.9 Å². The Hall–Kier alpha value is -3.22. The number of benzene rings is 1. The summed E-state index contributed by atoms with van der Waals surface area (Å²) >= 11 is 0. The van der Waals surface area contributed by atoms with Crippen LogP contribution < -0.4 is 10.6 Å². The van der Waals surface area contributed by atoms with E-state index in [1.807, 2.05) is 11.4 Å². The summed E-state index contributed by atoms with van der Waals surface area (Å²) in [7, 11) is 0. The van der Waals surface area contributed by atoms with Crippen molar-refractivity contribution in [1.82, 2.24) is 10.3 Å². The monoisotopic (exact) mass is 285 g/mol. The maximum absolute atomic E-state index is 11.7. The molecule has 0 saturated carbocycles. The number of carbonyl (C=O) groups excluding carboxylic acids is 2. The molecule has 3 amide bonds. The van der Waals surface area contributed by atoms with Crippen molar-refractivity contribution in [3.63, 3.8) is 0 Å². The molecule has 0 fully saturated rings. The van der Waals surface area contributed by atoms with Crippen LogP contribution in [-0.4, -0.2) is 28.0 Å². The number of aliphatic carboxylic acids is 1. The van der Waals surface area contributed by atoms with Crippen molar-refractivity contribution in [3.05, 3.63) is 48.8 Å². The van der Waals surface area contributed by atoms with E-state index in [0.29, 0.717) is 11.8 Å². The fourth-order valence-corrected chi connectivity index (χ4v) is 1.68. The van der Waals surface area contributed by atoms with Gasteiger partial charge in [0, 0.05) is 29.9 Å². The van der Waals surface area contributed by atoms with E-state index >= 15 is 0 Å². The van der Waals surface area contributed by atoms with Crippen LogP contribution in [0.2, 0.25) is 0 Å². The first-order valence-corrected chi connectivity index (χ1v) is 5.92. The molecular formula is C14H11N3O4. The Morgan fingerprint density at radius 1 is 1.14 bits per heavy atom.